The standard InChI is InChI=1S/C25H31N3O5/c1-31-21-13-19(14-22(32-2)24(21)33-3)28-16-18(12-23(28)29)25(30)26-20-9-5-4-8-17(20)15-27-10-6-7-11-27/h4-5,8-9,13-14,18H,6-7,10-12,15-16H2,1-3H3,(H,26,30). The molecule has 2 heterocycles. The maximum Gasteiger partial charge on any atom is 0.229 e. The van der Waals surface area contributed by atoms with Crippen LogP contribution >= 0.6 is 0 Å². The fourth-order valence-corrected chi connectivity index (χ4v) is 4.55. The van der Waals surface area contributed by atoms with E-state index in [4.69, 9.17) is 14.2 Å². The summed E-state index contributed by atoms with van der Waals surface area (Å²) in [5.41, 5.74) is 2.52. The maximum atomic E-state index is 13.1. The Hall–Kier alpha value is -3.26. The summed E-state index contributed by atoms with van der Waals surface area (Å²) in [5.74, 6) is 0.671. The average molecular weight is 454 g/mol. The van der Waals surface area contributed by atoms with Gasteiger partial charge in [0, 0.05) is 37.3 Å². The van der Waals surface area contributed by atoms with Crippen LogP contribution in [0.2, 0.25) is 0 Å². The van der Waals surface area contributed by atoms with E-state index in [-0.39, 0.29) is 24.8 Å². The Morgan fingerprint density at radius 2 is 1.70 bits per heavy atom. The molecule has 2 saturated heterocycles. The Bertz CT molecular complexity index is 994. The van der Waals surface area contributed by atoms with Gasteiger partial charge < -0.3 is 24.4 Å². The molecule has 1 unspecified atom stereocenters. The normalized spacial score (nSPS) is 18.5. The van der Waals surface area contributed by atoms with Gasteiger partial charge in [0.25, 0.3) is 0 Å². The number of hydrogen-bond donors (Lipinski definition) is 1. The monoisotopic (exact) mass is 453 g/mol. The van der Waals surface area contributed by atoms with Crippen LogP contribution < -0.4 is 24.4 Å². The molecule has 0 aromatic heterocycles. The van der Waals surface area contributed by atoms with E-state index in [1.807, 2.05) is 18.2 Å². The molecule has 2 aromatic rings. The van der Waals surface area contributed by atoms with Crippen molar-refractivity contribution in [1.29, 1.82) is 0 Å². The Balaban J connectivity index is 1.48. The van der Waals surface area contributed by atoms with Crippen molar-refractivity contribution in [2.24, 2.45) is 5.92 Å². The maximum absolute atomic E-state index is 13.1. The molecule has 0 radical (unpaired) electrons. The van der Waals surface area contributed by atoms with Gasteiger partial charge >= 0.3 is 0 Å². The molecule has 1 N–H and O–H groups in total. The number of nitrogens with one attached hydrogen (secondary N) is 1. The van der Waals surface area contributed by atoms with Gasteiger partial charge in [0.15, 0.2) is 11.5 Å². The molecule has 2 aliphatic rings. The summed E-state index contributed by atoms with van der Waals surface area (Å²) in [6.45, 7) is 3.28. The van der Waals surface area contributed by atoms with Crippen LogP contribution in [0.3, 0.4) is 0 Å². The molecule has 176 valence electrons. The molecule has 4 rings (SSSR count). The molecule has 0 aliphatic carbocycles. The highest BCUT2D eigenvalue weighted by Gasteiger charge is 2.36. The molecule has 1 atom stereocenters. The summed E-state index contributed by atoms with van der Waals surface area (Å²) in [6.07, 6.45) is 2.59. The zero-order chi connectivity index (χ0) is 23.4. The Labute approximate surface area is 194 Å². The van der Waals surface area contributed by atoms with Gasteiger partial charge in [-0.15, -0.1) is 0 Å². The first-order valence-corrected chi connectivity index (χ1v) is 11.3. The second-order valence-electron chi connectivity index (χ2n) is 8.42. The van der Waals surface area contributed by atoms with E-state index in [0.29, 0.717) is 22.9 Å². The Morgan fingerprint density at radius 3 is 2.33 bits per heavy atom. The van der Waals surface area contributed by atoms with Crippen LogP contribution in [0.15, 0.2) is 36.4 Å². The molecule has 8 heteroatoms. The fourth-order valence-electron chi connectivity index (χ4n) is 4.55. The largest absolute Gasteiger partial charge is 0.493 e. The molecule has 0 spiro atoms. The van der Waals surface area contributed by atoms with Crippen molar-refractivity contribution in [3.05, 3.63) is 42.0 Å². The van der Waals surface area contributed by atoms with Gasteiger partial charge in [-0.1, -0.05) is 18.2 Å². The molecule has 0 saturated carbocycles. The zero-order valence-electron chi connectivity index (χ0n) is 19.4. The van der Waals surface area contributed by atoms with Crippen molar-refractivity contribution in [1.82, 2.24) is 4.90 Å². The zero-order valence-corrected chi connectivity index (χ0v) is 19.4. The number of para-hydroxylation sites is 1. The molecule has 0 bridgehead atoms. The third-order valence-corrected chi connectivity index (χ3v) is 6.32. The minimum atomic E-state index is -0.448. The van der Waals surface area contributed by atoms with Crippen LogP contribution in [0.4, 0.5) is 11.4 Å². The van der Waals surface area contributed by atoms with Crippen molar-refractivity contribution in [3.8, 4) is 17.2 Å². The minimum absolute atomic E-state index is 0.116. The highest BCUT2D eigenvalue weighted by Crippen LogP contribution is 2.42. The molecule has 2 aromatic carbocycles. The quantitative estimate of drug-likeness (QED) is 0.661. The SMILES string of the molecule is COc1cc(N2CC(C(=O)Nc3ccccc3CN3CCCC3)CC2=O)cc(OC)c1OC. The summed E-state index contributed by atoms with van der Waals surface area (Å²) in [6, 6.07) is 11.3. The number of anilines is 2. The van der Waals surface area contributed by atoms with E-state index in [0.717, 1.165) is 30.9 Å². The lowest BCUT2D eigenvalue weighted by molar-refractivity contribution is -0.122. The van der Waals surface area contributed by atoms with E-state index < -0.39 is 5.92 Å². The number of hydrogen-bond acceptors (Lipinski definition) is 6. The summed E-state index contributed by atoms with van der Waals surface area (Å²) in [5, 5.41) is 3.07. The molecule has 2 aliphatic heterocycles. The topological polar surface area (TPSA) is 80.3 Å². The second kappa shape index (κ2) is 10.1. The van der Waals surface area contributed by atoms with Crippen LogP contribution in [0.25, 0.3) is 0 Å². The summed E-state index contributed by atoms with van der Waals surface area (Å²) in [4.78, 5) is 29.9. The first-order valence-electron chi connectivity index (χ1n) is 11.3. The van der Waals surface area contributed by atoms with E-state index in [1.165, 1.54) is 34.2 Å². The summed E-state index contributed by atoms with van der Waals surface area (Å²) >= 11 is 0. The van der Waals surface area contributed by atoms with Gasteiger partial charge in [-0.25, -0.2) is 0 Å². The Morgan fingerprint density at radius 1 is 1.03 bits per heavy atom. The molecule has 8 nitrogen and oxygen atoms in total. The lowest BCUT2D eigenvalue weighted by Gasteiger charge is -2.21. The summed E-state index contributed by atoms with van der Waals surface area (Å²) in [7, 11) is 4.59. The third kappa shape index (κ3) is 4.90. The Kier molecular flexibility index (Phi) is 7.03. The van der Waals surface area contributed by atoms with Crippen molar-refractivity contribution < 1.29 is 23.8 Å². The number of carbonyl (C=O) groups excluding carboxylic acids is 2. The van der Waals surface area contributed by atoms with Gasteiger partial charge in [-0.05, 0) is 37.6 Å². The molecule has 2 fully saturated rings. The van der Waals surface area contributed by atoms with E-state index in [9.17, 15) is 9.59 Å². The fraction of sp³-hybridized carbons (Fsp3) is 0.440. The van der Waals surface area contributed by atoms with Crippen molar-refractivity contribution in [3.63, 3.8) is 0 Å². The van der Waals surface area contributed by atoms with E-state index >= 15 is 0 Å². The minimum Gasteiger partial charge on any atom is -0.493 e. The smallest absolute Gasteiger partial charge is 0.229 e. The van der Waals surface area contributed by atoms with Gasteiger partial charge in [-0.3, -0.25) is 14.5 Å². The number of ether oxygens (including phenoxy) is 3. The number of likely N-dealkylation sites (tertiary alicyclic amines) is 1. The van der Waals surface area contributed by atoms with E-state index in [1.54, 1.807) is 17.0 Å². The van der Waals surface area contributed by atoms with Crippen molar-refractivity contribution in [2.45, 2.75) is 25.8 Å². The predicted molar refractivity (Wildman–Crippen MR) is 126 cm³/mol. The molecular weight excluding hydrogens is 422 g/mol. The van der Waals surface area contributed by atoms with Gasteiger partial charge in [0.2, 0.25) is 17.6 Å². The number of rotatable bonds is 8. The highest BCUT2D eigenvalue weighted by atomic mass is 16.5. The molecule has 2 amide bonds. The van der Waals surface area contributed by atoms with E-state index in [2.05, 4.69) is 16.3 Å². The number of methoxy groups -OCH3 is 3. The van der Waals surface area contributed by atoms with Crippen LogP contribution in [-0.2, 0) is 16.1 Å². The first kappa shape index (κ1) is 22.9. The lowest BCUT2D eigenvalue weighted by atomic mass is 10.1. The van der Waals surface area contributed by atoms with Crippen molar-refractivity contribution >= 4 is 23.2 Å². The second-order valence-corrected chi connectivity index (χ2v) is 8.42. The number of carbonyl (C=O) groups is 2. The number of amides is 2. The molecule has 33 heavy (non-hydrogen) atoms. The van der Waals surface area contributed by atoms with Crippen LogP contribution in [0, 0.1) is 5.92 Å². The van der Waals surface area contributed by atoms with Crippen LogP contribution in [0.1, 0.15) is 24.8 Å². The predicted octanol–water partition coefficient (Wildman–Crippen LogP) is 3.30. The highest BCUT2D eigenvalue weighted by molar-refractivity contribution is 6.04. The summed E-state index contributed by atoms with van der Waals surface area (Å²) < 4.78 is 16.2. The molecular formula is C25H31N3O5. The van der Waals surface area contributed by atoms with Crippen LogP contribution in [-0.4, -0.2) is 57.7 Å². The average Bonchev–Trinajstić information content (AvgIpc) is 3.49. The van der Waals surface area contributed by atoms with Crippen molar-refractivity contribution in [2.75, 3.05) is 51.2 Å². The van der Waals surface area contributed by atoms with Gasteiger partial charge in [0.05, 0.1) is 32.9 Å². The lowest BCUT2D eigenvalue weighted by Crippen LogP contribution is -2.28. The third-order valence-electron chi connectivity index (χ3n) is 6.32. The number of benzene rings is 2. The number of nitrogens with zero attached hydrogens (tertiary/aromatic N) is 2. The van der Waals surface area contributed by atoms with Crippen LogP contribution in [0.5, 0.6) is 17.2 Å². The van der Waals surface area contributed by atoms with Gasteiger partial charge in [-0.2, -0.15) is 0 Å². The first-order chi connectivity index (χ1) is 16.0. The van der Waals surface area contributed by atoms with Gasteiger partial charge in [0.1, 0.15) is 0 Å².